The second-order valence-corrected chi connectivity index (χ2v) is 5.22. The van der Waals surface area contributed by atoms with Crippen LogP contribution in [-0.2, 0) is 9.59 Å². The van der Waals surface area contributed by atoms with Crippen LogP contribution in [-0.4, -0.2) is 48.9 Å². The molecule has 0 spiro atoms. The molecule has 1 unspecified atom stereocenters. The summed E-state index contributed by atoms with van der Waals surface area (Å²) in [6, 6.07) is 7.41. The van der Waals surface area contributed by atoms with Crippen molar-refractivity contribution in [3.63, 3.8) is 0 Å². The summed E-state index contributed by atoms with van der Waals surface area (Å²) in [4.78, 5) is 34.9. The van der Waals surface area contributed by atoms with E-state index in [-0.39, 0.29) is 6.42 Å². The van der Waals surface area contributed by atoms with Crippen LogP contribution in [0.5, 0.6) is 0 Å². The number of aliphatic carboxylic acids is 1. The van der Waals surface area contributed by atoms with Gasteiger partial charge in [-0.2, -0.15) is 5.10 Å². The van der Waals surface area contributed by atoms with Crippen LogP contribution in [0.3, 0.4) is 0 Å². The van der Waals surface area contributed by atoms with Crippen molar-refractivity contribution < 1.29 is 24.6 Å². The first-order chi connectivity index (χ1) is 11.5. The van der Waals surface area contributed by atoms with Crippen LogP contribution in [0.15, 0.2) is 48.8 Å². The average molecular weight is 327 g/mol. The smallest absolute Gasteiger partial charge is 0.415 e. The fourth-order valence-electron chi connectivity index (χ4n) is 2.63. The number of rotatable bonds is 3. The fraction of sp³-hybridized carbons (Fsp3) is 0.125. The molecule has 0 aliphatic carbocycles. The lowest BCUT2D eigenvalue weighted by atomic mass is 9.93. The number of carbonyl (C=O) groups excluding carboxylic acids is 1. The Balaban J connectivity index is 1.99. The molecule has 1 atom stereocenters. The van der Waals surface area contributed by atoms with Crippen molar-refractivity contribution in [2.45, 2.75) is 12.5 Å². The minimum absolute atomic E-state index is 0.0874. The van der Waals surface area contributed by atoms with E-state index in [9.17, 15) is 19.5 Å². The van der Waals surface area contributed by atoms with E-state index in [1.807, 2.05) is 6.07 Å². The molecule has 1 aromatic carbocycles. The van der Waals surface area contributed by atoms with Gasteiger partial charge in [-0.3, -0.25) is 4.79 Å². The molecule has 3 rings (SSSR count). The molecular formula is C16H13N3O5. The van der Waals surface area contributed by atoms with Gasteiger partial charge in [-0.05, 0) is 29.3 Å². The number of carboxylic acid groups (broad SMARTS) is 2. The van der Waals surface area contributed by atoms with Crippen LogP contribution in [0.2, 0.25) is 0 Å². The summed E-state index contributed by atoms with van der Waals surface area (Å²) in [6.45, 7) is 0. The summed E-state index contributed by atoms with van der Waals surface area (Å²) in [5.41, 5.74) is 1.87. The maximum absolute atomic E-state index is 12.0. The lowest BCUT2D eigenvalue weighted by molar-refractivity contribution is -0.147. The van der Waals surface area contributed by atoms with Gasteiger partial charge in [0.2, 0.25) is 0 Å². The van der Waals surface area contributed by atoms with E-state index in [1.54, 1.807) is 41.3 Å². The second-order valence-electron chi connectivity index (χ2n) is 5.22. The van der Waals surface area contributed by atoms with Crippen molar-refractivity contribution in [2.24, 2.45) is 0 Å². The predicted molar refractivity (Wildman–Crippen MR) is 82.5 cm³/mol. The minimum Gasteiger partial charge on any atom is -0.480 e. The number of carbonyl (C=O) groups is 3. The van der Waals surface area contributed by atoms with Gasteiger partial charge in [-0.1, -0.05) is 12.1 Å². The first-order valence-corrected chi connectivity index (χ1v) is 7.07. The van der Waals surface area contributed by atoms with Crippen LogP contribution in [0.1, 0.15) is 12.0 Å². The van der Waals surface area contributed by atoms with Crippen molar-refractivity contribution in [1.82, 2.24) is 14.7 Å². The zero-order chi connectivity index (χ0) is 17.3. The zero-order valence-corrected chi connectivity index (χ0v) is 12.4. The monoisotopic (exact) mass is 327 g/mol. The van der Waals surface area contributed by atoms with E-state index in [4.69, 9.17) is 5.11 Å². The molecule has 1 aliphatic heterocycles. The largest absolute Gasteiger partial charge is 0.480 e. The summed E-state index contributed by atoms with van der Waals surface area (Å²) in [7, 11) is 0. The Bertz CT molecular complexity index is 841. The topological polar surface area (TPSA) is 113 Å². The van der Waals surface area contributed by atoms with Crippen molar-refractivity contribution in [2.75, 3.05) is 0 Å². The predicted octanol–water partition coefficient (Wildman–Crippen LogP) is 1.62. The summed E-state index contributed by atoms with van der Waals surface area (Å²) in [5, 5.41) is 22.4. The first kappa shape index (κ1) is 15.5. The number of imide groups is 1. The molecule has 24 heavy (non-hydrogen) atoms. The number of carboxylic acids is 1. The van der Waals surface area contributed by atoms with Gasteiger partial charge in [0, 0.05) is 24.9 Å². The molecule has 0 saturated carbocycles. The Morgan fingerprint density at radius 1 is 1.21 bits per heavy atom. The van der Waals surface area contributed by atoms with Crippen LogP contribution in [0.4, 0.5) is 4.79 Å². The molecule has 8 nitrogen and oxygen atoms in total. The van der Waals surface area contributed by atoms with Gasteiger partial charge in [-0.15, -0.1) is 0 Å². The lowest BCUT2D eigenvalue weighted by Gasteiger charge is -2.28. The molecule has 0 saturated heterocycles. The lowest BCUT2D eigenvalue weighted by Crippen LogP contribution is -2.49. The molecular weight excluding hydrogens is 314 g/mol. The third kappa shape index (κ3) is 2.76. The van der Waals surface area contributed by atoms with Crippen LogP contribution < -0.4 is 0 Å². The Hall–Kier alpha value is -3.42. The minimum atomic E-state index is -1.58. The van der Waals surface area contributed by atoms with E-state index in [0.29, 0.717) is 16.0 Å². The summed E-state index contributed by atoms with van der Waals surface area (Å²) < 4.78 is 1.63. The number of aromatic nitrogens is 2. The molecule has 2 N–H and O–H groups in total. The van der Waals surface area contributed by atoms with Gasteiger partial charge in [0.1, 0.15) is 6.04 Å². The highest BCUT2D eigenvalue weighted by molar-refractivity contribution is 6.07. The third-order valence-corrected chi connectivity index (χ3v) is 3.74. The van der Waals surface area contributed by atoms with E-state index in [0.717, 1.165) is 11.8 Å². The summed E-state index contributed by atoms with van der Waals surface area (Å²) in [6.07, 6.45) is 2.88. The van der Waals surface area contributed by atoms with E-state index in [1.165, 1.54) is 0 Å². The standard InChI is InChI=1S/C16H13N3O5/c20-14-9-11(8-13(15(21)22)19(14)16(23)24)10-3-1-4-12(7-10)18-6-2-5-17-18/h1-7,9,13H,8H2,(H,21,22)(H,23,24). The number of nitrogens with zero attached hydrogens (tertiary/aromatic N) is 3. The van der Waals surface area contributed by atoms with Gasteiger partial charge in [0.25, 0.3) is 5.91 Å². The molecule has 1 aliphatic rings. The molecule has 0 fully saturated rings. The van der Waals surface area contributed by atoms with Gasteiger partial charge in [-0.25, -0.2) is 19.2 Å². The van der Waals surface area contributed by atoms with E-state index < -0.39 is 24.0 Å². The fourth-order valence-corrected chi connectivity index (χ4v) is 2.63. The van der Waals surface area contributed by atoms with E-state index in [2.05, 4.69) is 5.10 Å². The Kier molecular flexibility index (Phi) is 3.87. The van der Waals surface area contributed by atoms with Gasteiger partial charge in [0.05, 0.1) is 5.69 Å². The maximum Gasteiger partial charge on any atom is 0.415 e. The summed E-state index contributed by atoms with van der Waals surface area (Å²) >= 11 is 0. The number of hydrogen-bond acceptors (Lipinski definition) is 4. The van der Waals surface area contributed by atoms with Crippen LogP contribution in [0, 0.1) is 0 Å². The molecule has 0 radical (unpaired) electrons. The van der Waals surface area contributed by atoms with Crippen molar-refractivity contribution in [3.8, 4) is 5.69 Å². The molecule has 2 heterocycles. The first-order valence-electron chi connectivity index (χ1n) is 7.07. The highest BCUT2D eigenvalue weighted by Crippen LogP contribution is 2.28. The summed E-state index contributed by atoms with van der Waals surface area (Å²) in [5.74, 6) is -2.22. The van der Waals surface area contributed by atoms with Crippen molar-refractivity contribution in [3.05, 3.63) is 54.4 Å². The second kappa shape index (κ2) is 5.99. The molecule has 122 valence electrons. The van der Waals surface area contributed by atoms with Crippen LogP contribution in [0.25, 0.3) is 11.3 Å². The van der Waals surface area contributed by atoms with Crippen molar-refractivity contribution >= 4 is 23.5 Å². The average Bonchev–Trinajstić information content (AvgIpc) is 3.08. The zero-order valence-electron chi connectivity index (χ0n) is 12.4. The maximum atomic E-state index is 12.0. The van der Waals surface area contributed by atoms with Crippen molar-refractivity contribution in [1.29, 1.82) is 0 Å². The van der Waals surface area contributed by atoms with Gasteiger partial charge in [0.15, 0.2) is 0 Å². The molecule has 2 amide bonds. The normalized spacial score (nSPS) is 17.5. The quantitative estimate of drug-likeness (QED) is 0.885. The number of hydrogen-bond donors (Lipinski definition) is 2. The third-order valence-electron chi connectivity index (χ3n) is 3.74. The SMILES string of the molecule is O=C(O)C1CC(c2cccc(-n3cccn3)c2)=CC(=O)N1C(=O)O. The van der Waals surface area contributed by atoms with E-state index >= 15 is 0 Å². The van der Waals surface area contributed by atoms with Gasteiger partial charge < -0.3 is 10.2 Å². The Morgan fingerprint density at radius 2 is 2.00 bits per heavy atom. The number of benzene rings is 1. The molecule has 2 aromatic rings. The van der Waals surface area contributed by atoms with Crippen LogP contribution >= 0.6 is 0 Å². The molecule has 1 aromatic heterocycles. The Morgan fingerprint density at radius 3 is 2.62 bits per heavy atom. The highest BCUT2D eigenvalue weighted by Gasteiger charge is 2.38. The Labute approximate surface area is 136 Å². The van der Waals surface area contributed by atoms with Gasteiger partial charge >= 0.3 is 12.1 Å². The molecule has 0 bridgehead atoms. The molecule has 8 heteroatoms. The highest BCUT2D eigenvalue weighted by atomic mass is 16.4. The number of amides is 2.